The lowest BCUT2D eigenvalue weighted by atomic mass is 9.76. The molecule has 0 radical (unpaired) electrons. The molecule has 150 valence electrons. The summed E-state index contributed by atoms with van der Waals surface area (Å²) in [5.74, 6) is 1.88. The lowest BCUT2D eigenvalue weighted by molar-refractivity contribution is 0.0911. The summed E-state index contributed by atoms with van der Waals surface area (Å²) in [6.45, 7) is 8.06. The molecule has 7 heteroatoms. The third-order valence-corrected chi connectivity index (χ3v) is 5.06. The van der Waals surface area contributed by atoms with Crippen LogP contribution >= 0.6 is 0 Å². The van der Waals surface area contributed by atoms with Gasteiger partial charge in [-0.25, -0.2) is 14.6 Å². The molecular weight excluding hydrogens is 366 g/mol. The zero-order valence-electron chi connectivity index (χ0n) is 17.4. The molecule has 4 rings (SSSR count). The van der Waals surface area contributed by atoms with Crippen LogP contribution in [0.3, 0.4) is 0 Å². The molecule has 29 heavy (non-hydrogen) atoms. The maximum Gasteiger partial charge on any atom is 0.251 e. The van der Waals surface area contributed by atoms with Crippen LogP contribution in [0.2, 0.25) is 0 Å². The summed E-state index contributed by atoms with van der Waals surface area (Å²) < 4.78 is 6.94. The zero-order chi connectivity index (χ0) is 20.8. The van der Waals surface area contributed by atoms with Gasteiger partial charge in [0.2, 0.25) is 0 Å². The first kappa shape index (κ1) is 19.1. The Morgan fingerprint density at radius 2 is 1.72 bits per heavy atom. The number of Topliss-reactive ketones (excluding diaryl/α,β-unsaturated/α-hetero) is 1. The number of carbonyl (C=O) groups excluding carboxylic acids is 1. The highest BCUT2D eigenvalue weighted by atomic mass is 16.5. The molecule has 2 heterocycles. The Labute approximate surface area is 170 Å². The molecule has 2 aromatic heterocycles. The van der Waals surface area contributed by atoms with Crippen molar-refractivity contribution in [2.75, 3.05) is 12.4 Å². The highest BCUT2D eigenvalue weighted by Crippen LogP contribution is 2.39. The van der Waals surface area contributed by atoms with Crippen molar-refractivity contribution in [3.8, 4) is 11.7 Å². The van der Waals surface area contributed by atoms with E-state index in [-0.39, 0.29) is 11.2 Å². The molecule has 1 N–H and O–H groups in total. The Balaban J connectivity index is 1.83. The summed E-state index contributed by atoms with van der Waals surface area (Å²) >= 11 is 0. The van der Waals surface area contributed by atoms with Gasteiger partial charge in [0.1, 0.15) is 5.75 Å². The van der Waals surface area contributed by atoms with Crippen LogP contribution < -0.4 is 10.1 Å². The molecule has 1 aliphatic carbocycles. The number of nitrogens with zero attached hydrogens (tertiary/aromatic N) is 4. The number of nitrogens with one attached hydrogen (secondary N) is 1. The number of anilines is 2. The second-order valence-electron chi connectivity index (χ2n) is 8.33. The van der Waals surface area contributed by atoms with Crippen LogP contribution in [0.25, 0.3) is 5.95 Å². The third-order valence-electron chi connectivity index (χ3n) is 5.06. The number of aryl methyl sites for hydroxylation is 2. The summed E-state index contributed by atoms with van der Waals surface area (Å²) in [7, 11) is 1.63. The first-order valence-corrected chi connectivity index (χ1v) is 9.64. The van der Waals surface area contributed by atoms with E-state index in [1.54, 1.807) is 11.8 Å². The Bertz CT molecular complexity index is 1060. The Morgan fingerprint density at radius 3 is 2.34 bits per heavy atom. The lowest BCUT2D eigenvalue weighted by Crippen LogP contribution is -2.28. The molecule has 0 saturated carbocycles. The molecule has 0 atom stereocenters. The maximum atomic E-state index is 13.0. The van der Waals surface area contributed by atoms with E-state index in [2.05, 4.69) is 29.1 Å². The number of hydrogen-bond acceptors (Lipinski definition) is 6. The van der Waals surface area contributed by atoms with Crippen molar-refractivity contribution >= 4 is 17.3 Å². The van der Waals surface area contributed by atoms with Crippen molar-refractivity contribution in [1.29, 1.82) is 0 Å². The molecular formula is C22H25N5O2. The summed E-state index contributed by atoms with van der Waals surface area (Å²) in [6.07, 6.45) is 1.21. The minimum Gasteiger partial charge on any atom is -0.497 e. The van der Waals surface area contributed by atoms with Gasteiger partial charge in [-0.2, -0.15) is 0 Å². The molecule has 3 aromatic rings. The largest absolute Gasteiger partial charge is 0.497 e. The molecule has 1 aliphatic rings. The van der Waals surface area contributed by atoms with Gasteiger partial charge < -0.3 is 10.1 Å². The van der Waals surface area contributed by atoms with Gasteiger partial charge in [0.15, 0.2) is 11.6 Å². The van der Waals surface area contributed by atoms with Crippen LogP contribution in [0.15, 0.2) is 30.3 Å². The van der Waals surface area contributed by atoms with E-state index in [1.165, 1.54) is 0 Å². The number of carbonyl (C=O) groups is 1. The standard InChI is InChI=1S/C22H25N5O2/c1-13-10-14(2)24-21(23-13)27-17-11-22(3,4)12-18(28)19(17)20(26-27)25-15-6-8-16(29-5)9-7-15/h6-10H,11-12H2,1-5H3,(H,25,26). The summed E-state index contributed by atoms with van der Waals surface area (Å²) in [6, 6.07) is 9.45. The summed E-state index contributed by atoms with van der Waals surface area (Å²) in [4.78, 5) is 22.2. The first-order valence-electron chi connectivity index (χ1n) is 9.64. The number of rotatable bonds is 4. The molecule has 0 amide bonds. The van der Waals surface area contributed by atoms with Crippen molar-refractivity contribution in [2.24, 2.45) is 5.41 Å². The number of benzene rings is 1. The van der Waals surface area contributed by atoms with Gasteiger partial charge in [0.05, 0.1) is 18.4 Å². The van der Waals surface area contributed by atoms with Gasteiger partial charge in [-0.3, -0.25) is 4.79 Å². The molecule has 0 spiro atoms. The molecule has 0 unspecified atom stereocenters. The SMILES string of the molecule is COc1ccc(Nc2nn(-c3nc(C)cc(C)n3)c3c2C(=O)CC(C)(C)C3)cc1. The predicted molar refractivity (Wildman–Crippen MR) is 111 cm³/mol. The molecule has 7 nitrogen and oxygen atoms in total. The van der Waals surface area contributed by atoms with Crippen molar-refractivity contribution in [1.82, 2.24) is 19.7 Å². The van der Waals surface area contributed by atoms with Gasteiger partial charge in [-0.1, -0.05) is 13.8 Å². The highest BCUT2D eigenvalue weighted by Gasteiger charge is 2.37. The van der Waals surface area contributed by atoms with Gasteiger partial charge in [0.25, 0.3) is 5.95 Å². The fraction of sp³-hybridized carbons (Fsp3) is 0.364. The van der Waals surface area contributed by atoms with Gasteiger partial charge in [0, 0.05) is 23.5 Å². The number of ether oxygens (including phenoxy) is 1. The van der Waals surface area contributed by atoms with E-state index in [9.17, 15) is 4.79 Å². The van der Waals surface area contributed by atoms with Crippen molar-refractivity contribution in [3.63, 3.8) is 0 Å². The van der Waals surface area contributed by atoms with Gasteiger partial charge >= 0.3 is 0 Å². The van der Waals surface area contributed by atoms with E-state index in [4.69, 9.17) is 9.84 Å². The van der Waals surface area contributed by atoms with Gasteiger partial charge in [-0.05, 0) is 56.0 Å². The minimum atomic E-state index is -0.141. The number of aromatic nitrogens is 4. The fourth-order valence-corrected chi connectivity index (χ4v) is 3.81. The second kappa shape index (κ2) is 6.99. The average Bonchev–Trinajstić information content (AvgIpc) is 2.98. The quantitative estimate of drug-likeness (QED) is 0.718. The molecule has 0 bridgehead atoms. The lowest BCUT2D eigenvalue weighted by Gasteiger charge is -2.28. The van der Waals surface area contributed by atoms with Crippen molar-refractivity contribution in [3.05, 3.63) is 53.0 Å². The van der Waals surface area contributed by atoms with Gasteiger partial charge in [-0.15, -0.1) is 5.10 Å². The predicted octanol–water partition coefficient (Wildman–Crippen LogP) is 4.19. The molecule has 0 aliphatic heterocycles. The van der Waals surface area contributed by atoms with E-state index in [0.29, 0.717) is 23.8 Å². The molecule has 0 saturated heterocycles. The number of hydrogen-bond donors (Lipinski definition) is 1. The van der Waals surface area contributed by atoms with E-state index in [1.807, 2.05) is 44.2 Å². The minimum absolute atomic E-state index is 0.0860. The van der Waals surface area contributed by atoms with Crippen LogP contribution in [-0.2, 0) is 6.42 Å². The maximum absolute atomic E-state index is 13.0. The number of methoxy groups -OCH3 is 1. The number of ketones is 1. The summed E-state index contributed by atoms with van der Waals surface area (Å²) in [5, 5.41) is 8.02. The fourth-order valence-electron chi connectivity index (χ4n) is 3.81. The Morgan fingerprint density at radius 1 is 1.07 bits per heavy atom. The Kier molecular flexibility index (Phi) is 4.61. The monoisotopic (exact) mass is 391 g/mol. The first-order chi connectivity index (χ1) is 13.8. The normalized spacial score (nSPS) is 15.1. The topological polar surface area (TPSA) is 81.9 Å². The van der Waals surface area contributed by atoms with Crippen molar-refractivity contribution < 1.29 is 9.53 Å². The van der Waals surface area contributed by atoms with Crippen LogP contribution in [0, 0.1) is 19.3 Å². The molecule has 0 fully saturated rings. The van der Waals surface area contributed by atoms with Crippen LogP contribution in [0.1, 0.15) is 47.7 Å². The highest BCUT2D eigenvalue weighted by molar-refractivity contribution is 6.03. The Hall–Kier alpha value is -3.22. The van der Waals surface area contributed by atoms with Crippen LogP contribution in [-0.4, -0.2) is 32.6 Å². The second-order valence-corrected chi connectivity index (χ2v) is 8.33. The zero-order valence-corrected chi connectivity index (χ0v) is 17.4. The smallest absolute Gasteiger partial charge is 0.251 e. The average molecular weight is 391 g/mol. The molecule has 1 aromatic carbocycles. The third kappa shape index (κ3) is 3.72. The summed E-state index contributed by atoms with van der Waals surface area (Å²) in [5.41, 5.74) is 3.90. The van der Waals surface area contributed by atoms with E-state index < -0.39 is 0 Å². The van der Waals surface area contributed by atoms with Crippen LogP contribution in [0.4, 0.5) is 11.5 Å². The number of fused-ring (bicyclic) bond motifs is 1. The van der Waals surface area contributed by atoms with Crippen molar-refractivity contribution in [2.45, 2.75) is 40.5 Å². The van der Waals surface area contributed by atoms with Crippen LogP contribution in [0.5, 0.6) is 5.75 Å². The van der Waals surface area contributed by atoms with E-state index >= 15 is 0 Å². The van der Waals surface area contributed by atoms with E-state index in [0.717, 1.165) is 34.9 Å².